The lowest BCUT2D eigenvalue weighted by Gasteiger charge is -2.27. The molecule has 1 saturated heterocycles. The second-order valence-corrected chi connectivity index (χ2v) is 8.23. The maximum absolute atomic E-state index is 13.9. The van der Waals surface area contributed by atoms with Gasteiger partial charge in [-0.2, -0.15) is 0 Å². The number of ether oxygens (including phenoxy) is 1. The molecule has 1 heterocycles. The van der Waals surface area contributed by atoms with Gasteiger partial charge in [0.05, 0.1) is 13.2 Å². The normalized spacial score (nSPS) is 15.9. The molecule has 0 radical (unpaired) electrons. The van der Waals surface area contributed by atoms with Crippen molar-refractivity contribution >= 4 is 21.6 Å². The molecule has 2 aromatic carbocycles. The average Bonchev–Trinajstić information content (AvgIpc) is 2.61. The third kappa shape index (κ3) is 4.81. The summed E-state index contributed by atoms with van der Waals surface area (Å²) < 4.78 is 46.6. The monoisotopic (exact) mass is 398 g/mol. The molecule has 26 heavy (non-hydrogen) atoms. The fraction of sp³-hybridized carbons (Fsp3) is 0.333. The van der Waals surface area contributed by atoms with Gasteiger partial charge >= 0.3 is 0 Å². The van der Waals surface area contributed by atoms with E-state index in [2.05, 4.69) is 9.62 Å². The van der Waals surface area contributed by atoms with Gasteiger partial charge in [0.15, 0.2) is 0 Å². The van der Waals surface area contributed by atoms with E-state index in [-0.39, 0.29) is 11.6 Å². The van der Waals surface area contributed by atoms with E-state index in [0.717, 1.165) is 36.8 Å². The van der Waals surface area contributed by atoms with Crippen molar-refractivity contribution in [3.05, 3.63) is 64.4 Å². The summed E-state index contributed by atoms with van der Waals surface area (Å²) in [5, 5.41) is 0.150. The molecule has 0 spiro atoms. The average molecular weight is 399 g/mol. The molecule has 0 aliphatic carbocycles. The first-order valence-electron chi connectivity index (χ1n) is 8.27. The van der Waals surface area contributed by atoms with E-state index in [1.165, 1.54) is 12.1 Å². The zero-order valence-electron chi connectivity index (χ0n) is 14.1. The van der Waals surface area contributed by atoms with Crippen LogP contribution in [0.3, 0.4) is 0 Å². The highest BCUT2D eigenvalue weighted by molar-refractivity contribution is 7.89. The second-order valence-electron chi connectivity index (χ2n) is 6.06. The summed E-state index contributed by atoms with van der Waals surface area (Å²) in [6.07, 6.45) is 0. The quantitative estimate of drug-likeness (QED) is 0.812. The van der Waals surface area contributed by atoms with Gasteiger partial charge in [-0.1, -0.05) is 35.9 Å². The highest BCUT2D eigenvalue weighted by Crippen LogP contribution is 2.20. The van der Waals surface area contributed by atoms with Crippen molar-refractivity contribution in [3.63, 3.8) is 0 Å². The first-order chi connectivity index (χ1) is 12.5. The molecule has 0 atom stereocenters. The predicted octanol–water partition coefficient (Wildman–Crippen LogP) is 2.79. The zero-order chi connectivity index (χ0) is 18.6. The van der Waals surface area contributed by atoms with Crippen molar-refractivity contribution in [3.8, 4) is 0 Å². The maximum Gasteiger partial charge on any atom is 0.243 e. The van der Waals surface area contributed by atoms with Gasteiger partial charge in [0.1, 0.15) is 10.7 Å². The van der Waals surface area contributed by atoms with Crippen LogP contribution in [0.4, 0.5) is 4.39 Å². The number of halogens is 2. The smallest absolute Gasteiger partial charge is 0.243 e. The summed E-state index contributed by atoms with van der Waals surface area (Å²) in [6.45, 7) is 3.89. The van der Waals surface area contributed by atoms with Crippen LogP contribution in [-0.2, 0) is 27.8 Å². The van der Waals surface area contributed by atoms with Gasteiger partial charge < -0.3 is 4.74 Å². The van der Waals surface area contributed by atoms with Crippen LogP contribution < -0.4 is 4.72 Å². The highest BCUT2D eigenvalue weighted by atomic mass is 35.5. The van der Waals surface area contributed by atoms with Crippen LogP contribution in [-0.4, -0.2) is 39.6 Å². The number of nitrogens with zero attached hydrogens (tertiary/aromatic N) is 1. The van der Waals surface area contributed by atoms with Crippen LogP contribution in [0.15, 0.2) is 47.4 Å². The van der Waals surface area contributed by atoms with Gasteiger partial charge in [0.25, 0.3) is 0 Å². The van der Waals surface area contributed by atoms with Crippen LogP contribution in [0.5, 0.6) is 0 Å². The molecule has 0 unspecified atom stereocenters. The Morgan fingerprint density at radius 2 is 1.81 bits per heavy atom. The topological polar surface area (TPSA) is 58.6 Å². The van der Waals surface area contributed by atoms with E-state index < -0.39 is 20.7 Å². The lowest BCUT2D eigenvalue weighted by Crippen LogP contribution is -2.36. The van der Waals surface area contributed by atoms with Crippen LogP contribution in [0.25, 0.3) is 0 Å². The first kappa shape index (κ1) is 19.3. The molecule has 3 rings (SSSR count). The number of benzene rings is 2. The van der Waals surface area contributed by atoms with Crippen LogP contribution in [0.1, 0.15) is 11.1 Å². The lowest BCUT2D eigenvalue weighted by atomic mass is 10.1. The summed E-state index contributed by atoms with van der Waals surface area (Å²) >= 11 is 5.68. The Morgan fingerprint density at radius 3 is 2.50 bits per heavy atom. The minimum atomic E-state index is -3.97. The number of sulfonamides is 1. The van der Waals surface area contributed by atoms with Crippen molar-refractivity contribution in [2.24, 2.45) is 0 Å². The van der Waals surface area contributed by atoms with E-state index in [9.17, 15) is 12.8 Å². The SMILES string of the molecule is O=S(=O)(NCc1ccccc1CN1CCOCC1)c1ccc(Cl)cc1F. The van der Waals surface area contributed by atoms with E-state index in [1.54, 1.807) is 0 Å². The van der Waals surface area contributed by atoms with E-state index in [1.807, 2.05) is 24.3 Å². The van der Waals surface area contributed by atoms with Crippen LogP contribution in [0, 0.1) is 5.82 Å². The van der Waals surface area contributed by atoms with Crippen molar-refractivity contribution in [1.29, 1.82) is 0 Å². The summed E-state index contributed by atoms with van der Waals surface area (Å²) in [6, 6.07) is 11.1. The number of hydrogen-bond donors (Lipinski definition) is 1. The Morgan fingerprint density at radius 1 is 1.12 bits per heavy atom. The molecule has 0 aromatic heterocycles. The minimum Gasteiger partial charge on any atom is -0.379 e. The number of hydrogen-bond acceptors (Lipinski definition) is 4. The molecular formula is C18H20ClFN2O3S. The standard InChI is InChI=1S/C18H20ClFN2O3S/c19-16-5-6-18(17(20)11-16)26(23,24)21-12-14-3-1-2-4-15(14)13-22-7-9-25-10-8-22/h1-6,11,21H,7-10,12-13H2. The number of rotatable bonds is 6. The lowest BCUT2D eigenvalue weighted by molar-refractivity contribution is 0.0341. The van der Waals surface area contributed by atoms with Gasteiger partial charge in [-0.05, 0) is 29.3 Å². The molecule has 1 N–H and O–H groups in total. The zero-order valence-corrected chi connectivity index (χ0v) is 15.7. The van der Waals surface area contributed by atoms with E-state index in [0.29, 0.717) is 13.2 Å². The molecule has 0 saturated carbocycles. The van der Waals surface area contributed by atoms with Gasteiger partial charge in [-0.15, -0.1) is 0 Å². The first-order valence-corrected chi connectivity index (χ1v) is 10.1. The Hall–Kier alpha value is -1.51. The molecule has 2 aromatic rings. The Kier molecular flexibility index (Phi) is 6.26. The molecule has 8 heteroatoms. The van der Waals surface area contributed by atoms with Gasteiger partial charge in [0, 0.05) is 31.2 Å². The molecule has 5 nitrogen and oxygen atoms in total. The van der Waals surface area contributed by atoms with Gasteiger partial charge in [0.2, 0.25) is 10.0 Å². The predicted molar refractivity (Wildman–Crippen MR) is 98.0 cm³/mol. The molecule has 0 amide bonds. The maximum atomic E-state index is 13.9. The van der Waals surface area contributed by atoms with Crippen molar-refractivity contribution in [2.45, 2.75) is 18.0 Å². The van der Waals surface area contributed by atoms with Crippen molar-refractivity contribution < 1.29 is 17.5 Å². The summed E-state index contributed by atoms with van der Waals surface area (Å²) in [4.78, 5) is 1.85. The Bertz CT molecular complexity index is 870. The second kappa shape index (κ2) is 8.45. The molecule has 1 fully saturated rings. The van der Waals surface area contributed by atoms with Crippen molar-refractivity contribution in [1.82, 2.24) is 9.62 Å². The molecule has 140 valence electrons. The van der Waals surface area contributed by atoms with E-state index >= 15 is 0 Å². The molecular weight excluding hydrogens is 379 g/mol. The fourth-order valence-corrected chi connectivity index (χ4v) is 4.05. The van der Waals surface area contributed by atoms with Crippen LogP contribution >= 0.6 is 11.6 Å². The van der Waals surface area contributed by atoms with Crippen molar-refractivity contribution in [2.75, 3.05) is 26.3 Å². The summed E-state index contributed by atoms with van der Waals surface area (Å²) in [5.41, 5.74) is 1.89. The summed E-state index contributed by atoms with van der Waals surface area (Å²) in [5.74, 6) is -0.869. The largest absolute Gasteiger partial charge is 0.379 e. The fourth-order valence-electron chi connectivity index (χ4n) is 2.83. The van der Waals surface area contributed by atoms with E-state index in [4.69, 9.17) is 16.3 Å². The minimum absolute atomic E-state index is 0.0882. The van der Waals surface area contributed by atoms with Gasteiger partial charge in [-0.25, -0.2) is 17.5 Å². The third-order valence-corrected chi connectivity index (χ3v) is 5.92. The highest BCUT2D eigenvalue weighted by Gasteiger charge is 2.20. The van der Waals surface area contributed by atoms with Gasteiger partial charge in [-0.3, -0.25) is 4.90 Å². The Balaban J connectivity index is 1.72. The van der Waals surface area contributed by atoms with Crippen LogP contribution in [0.2, 0.25) is 5.02 Å². The number of morpholine rings is 1. The molecule has 1 aliphatic rings. The summed E-state index contributed by atoms with van der Waals surface area (Å²) in [7, 11) is -3.97. The third-order valence-electron chi connectivity index (χ3n) is 4.25. The molecule has 0 bridgehead atoms. The Labute approximate surface area is 157 Å². The molecule has 1 aliphatic heterocycles. The number of nitrogens with one attached hydrogen (secondary N) is 1.